The van der Waals surface area contributed by atoms with Crippen molar-refractivity contribution in [3.8, 4) is 12.1 Å². The van der Waals surface area contributed by atoms with E-state index < -0.39 is 24.1 Å². The molecule has 0 aliphatic heterocycles. The number of nitrogens with one attached hydrogen (secondary N) is 2. The second kappa shape index (κ2) is 19.9. The number of nitrogens with zero attached hydrogens (tertiary/aromatic N) is 2. The van der Waals surface area contributed by atoms with Gasteiger partial charge >= 0.3 is 0 Å². The molecule has 35 heavy (non-hydrogen) atoms. The van der Waals surface area contributed by atoms with Gasteiger partial charge in [0.1, 0.15) is 0 Å². The van der Waals surface area contributed by atoms with Crippen LogP contribution in [0.2, 0.25) is 0 Å². The molecule has 2 N–H and O–H groups in total. The molecule has 0 aliphatic rings. The van der Waals surface area contributed by atoms with E-state index in [2.05, 4.69) is 21.6 Å². The van der Waals surface area contributed by atoms with Crippen LogP contribution < -0.4 is 9.44 Å². The van der Waals surface area contributed by atoms with E-state index in [0.29, 0.717) is 25.7 Å². The predicted molar refractivity (Wildman–Crippen MR) is 142 cm³/mol. The van der Waals surface area contributed by atoms with Gasteiger partial charge < -0.3 is 0 Å². The van der Waals surface area contributed by atoms with Gasteiger partial charge in [0.2, 0.25) is 20.0 Å². The van der Waals surface area contributed by atoms with E-state index in [1.807, 2.05) is 0 Å². The minimum absolute atomic E-state index is 0.0143. The summed E-state index contributed by atoms with van der Waals surface area (Å²) in [6.07, 6.45) is 14.5. The van der Waals surface area contributed by atoms with E-state index in [9.17, 15) is 16.8 Å². The first-order chi connectivity index (χ1) is 16.7. The van der Waals surface area contributed by atoms with Gasteiger partial charge in [0.15, 0.2) is 4.08 Å². The maximum Gasteiger partial charge on any atom is 0.233 e. The Morgan fingerprint density at radius 1 is 0.543 bits per heavy atom. The van der Waals surface area contributed by atoms with Gasteiger partial charge in [-0.25, -0.2) is 26.3 Å². The lowest BCUT2D eigenvalue weighted by Gasteiger charge is -2.31. The standard InChI is InChI=1S/C25H48N4O4S2/c1-3-25(4-2,34(30,31)28-23-19-15-11-7-5-9-13-17-21-26)35(32,33)29-24-20-16-12-8-6-10-14-18-22-27/h28-29H,3-20,23-24H2,1-2H3. The zero-order valence-electron chi connectivity index (χ0n) is 22.0. The lowest BCUT2D eigenvalue weighted by Crippen LogP contribution is -2.55. The summed E-state index contributed by atoms with van der Waals surface area (Å²) in [6.45, 7) is 3.70. The first-order valence-electron chi connectivity index (χ1n) is 13.5. The Kier molecular flexibility index (Phi) is 19.2. The van der Waals surface area contributed by atoms with E-state index in [0.717, 1.165) is 77.0 Å². The molecule has 0 spiro atoms. The molecule has 0 atom stereocenters. The lowest BCUT2D eigenvalue weighted by atomic mass is 10.1. The molecule has 204 valence electrons. The summed E-state index contributed by atoms with van der Waals surface area (Å²) in [4.78, 5) is 0. The molecule has 0 bridgehead atoms. The predicted octanol–water partition coefficient (Wildman–Crippen LogP) is 5.63. The highest BCUT2D eigenvalue weighted by atomic mass is 32.3. The second-order valence-electron chi connectivity index (χ2n) is 9.18. The number of nitriles is 2. The molecule has 0 heterocycles. The minimum Gasteiger partial charge on any atom is -0.214 e. The van der Waals surface area contributed by atoms with Gasteiger partial charge in [-0.15, -0.1) is 0 Å². The minimum atomic E-state index is -4.07. The maximum absolute atomic E-state index is 13.1. The van der Waals surface area contributed by atoms with Gasteiger partial charge in [0.05, 0.1) is 12.1 Å². The van der Waals surface area contributed by atoms with Gasteiger partial charge in [0, 0.05) is 25.9 Å². The molecule has 0 fully saturated rings. The van der Waals surface area contributed by atoms with Gasteiger partial charge in [-0.05, 0) is 38.5 Å². The largest absolute Gasteiger partial charge is 0.233 e. The number of hydrogen-bond donors (Lipinski definition) is 2. The molecular formula is C25H48N4O4S2. The summed E-state index contributed by atoms with van der Waals surface area (Å²) >= 11 is 0. The van der Waals surface area contributed by atoms with Gasteiger partial charge in [-0.1, -0.05) is 78.1 Å². The molecule has 0 amide bonds. The van der Waals surface area contributed by atoms with Crippen molar-refractivity contribution in [2.45, 2.75) is 134 Å². The summed E-state index contributed by atoms with van der Waals surface area (Å²) < 4.78 is 55.7. The van der Waals surface area contributed by atoms with Crippen molar-refractivity contribution in [1.82, 2.24) is 9.44 Å². The maximum atomic E-state index is 13.1. The molecule has 0 aromatic heterocycles. The Labute approximate surface area is 215 Å². The molecular weight excluding hydrogens is 484 g/mol. The molecule has 0 radical (unpaired) electrons. The highest BCUT2D eigenvalue weighted by Gasteiger charge is 2.52. The van der Waals surface area contributed by atoms with Crippen LogP contribution in [-0.2, 0) is 20.0 Å². The van der Waals surface area contributed by atoms with E-state index >= 15 is 0 Å². The Morgan fingerprint density at radius 3 is 1.11 bits per heavy atom. The van der Waals surface area contributed by atoms with Gasteiger partial charge in [0.25, 0.3) is 0 Å². The molecule has 0 saturated heterocycles. The number of hydrogen-bond acceptors (Lipinski definition) is 6. The van der Waals surface area contributed by atoms with Gasteiger partial charge in [-0.2, -0.15) is 10.5 Å². The van der Waals surface area contributed by atoms with E-state index in [4.69, 9.17) is 10.5 Å². The van der Waals surface area contributed by atoms with E-state index in [1.165, 1.54) is 0 Å². The molecule has 0 aliphatic carbocycles. The number of sulfonamides is 2. The summed E-state index contributed by atoms with van der Waals surface area (Å²) in [7, 11) is -8.13. The highest BCUT2D eigenvalue weighted by molar-refractivity contribution is 8.08. The molecule has 10 heteroatoms. The van der Waals surface area contributed by atoms with Crippen LogP contribution in [0.3, 0.4) is 0 Å². The third kappa shape index (κ3) is 13.1. The van der Waals surface area contributed by atoms with Crippen LogP contribution in [0.25, 0.3) is 0 Å². The molecule has 0 aromatic rings. The third-order valence-electron chi connectivity index (χ3n) is 6.57. The first kappa shape index (κ1) is 33.8. The summed E-state index contributed by atoms with van der Waals surface area (Å²) in [5, 5.41) is 17.1. The first-order valence-corrected chi connectivity index (χ1v) is 16.4. The summed E-state index contributed by atoms with van der Waals surface area (Å²) in [6, 6.07) is 4.28. The molecule has 0 unspecified atom stereocenters. The van der Waals surface area contributed by atoms with Crippen LogP contribution in [0.15, 0.2) is 0 Å². The van der Waals surface area contributed by atoms with Crippen molar-refractivity contribution in [3.05, 3.63) is 0 Å². The van der Waals surface area contributed by atoms with Crippen LogP contribution in [0, 0.1) is 22.7 Å². The zero-order chi connectivity index (χ0) is 26.5. The summed E-state index contributed by atoms with van der Waals surface area (Å²) in [5.41, 5.74) is 0. The van der Waals surface area contributed by atoms with Crippen molar-refractivity contribution in [3.63, 3.8) is 0 Å². The third-order valence-corrected chi connectivity index (χ3v) is 12.2. The van der Waals surface area contributed by atoms with Crippen LogP contribution in [0.5, 0.6) is 0 Å². The molecule has 0 aromatic carbocycles. The molecule has 0 rings (SSSR count). The Morgan fingerprint density at radius 2 is 0.829 bits per heavy atom. The normalized spacial score (nSPS) is 12.3. The lowest BCUT2D eigenvalue weighted by molar-refractivity contribution is 0.502. The fourth-order valence-electron chi connectivity index (χ4n) is 4.26. The number of rotatable bonds is 24. The quantitative estimate of drug-likeness (QED) is 0.154. The fraction of sp³-hybridized carbons (Fsp3) is 0.920. The van der Waals surface area contributed by atoms with E-state index in [1.54, 1.807) is 13.8 Å². The van der Waals surface area contributed by atoms with Crippen molar-refractivity contribution in [2.75, 3.05) is 13.1 Å². The second-order valence-corrected chi connectivity index (χ2v) is 13.6. The highest BCUT2D eigenvalue weighted by Crippen LogP contribution is 2.31. The van der Waals surface area contributed by atoms with Crippen molar-refractivity contribution in [1.29, 1.82) is 10.5 Å². The molecule has 8 nitrogen and oxygen atoms in total. The Hall–Kier alpha value is -1.20. The van der Waals surface area contributed by atoms with Crippen molar-refractivity contribution >= 4 is 20.0 Å². The van der Waals surface area contributed by atoms with Crippen LogP contribution >= 0.6 is 0 Å². The zero-order valence-corrected chi connectivity index (χ0v) is 23.6. The fourth-order valence-corrected chi connectivity index (χ4v) is 8.64. The van der Waals surface area contributed by atoms with Crippen molar-refractivity contribution in [2.24, 2.45) is 0 Å². The monoisotopic (exact) mass is 532 g/mol. The van der Waals surface area contributed by atoms with Gasteiger partial charge in [-0.3, -0.25) is 0 Å². The summed E-state index contributed by atoms with van der Waals surface area (Å²) in [5.74, 6) is 0. The van der Waals surface area contributed by atoms with E-state index in [-0.39, 0.29) is 25.9 Å². The SMILES string of the molecule is CCC(CC)(S(=O)(=O)NCCCCCCCCCC#N)S(=O)(=O)NCCCCCCCCCC#N. The number of unbranched alkanes of at least 4 members (excludes halogenated alkanes) is 14. The Bertz CT molecular complexity index is 761. The molecule has 0 saturated carbocycles. The topological polar surface area (TPSA) is 140 Å². The average molecular weight is 533 g/mol. The van der Waals surface area contributed by atoms with Crippen LogP contribution in [0.1, 0.15) is 129 Å². The Balaban J connectivity index is 4.47. The van der Waals surface area contributed by atoms with Crippen LogP contribution in [0.4, 0.5) is 0 Å². The smallest absolute Gasteiger partial charge is 0.214 e. The van der Waals surface area contributed by atoms with Crippen LogP contribution in [-0.4, -0.2) is 34.0 Å². The van der Waals surface area contributed by atoms with Crippen molar-refractivity contribution < 1.29 is 16.8 Å². The average Bonchev–Trinajstić information content (AvgIpc) is 2.82.